The van der Waals surface area contributed by atoms with Gasteiger partial charge in [-0.25, -0.2) is 0 Å². The van der Waals surface area contributed by atoms with Gasteiger partial charge in [0.25, 0.3) is 5.91 Å². The van der Waals surface area contributed by atoms with E-state index in [1.807, 2.05) is 5.38 Å². The second-order valence-electron chi connectivity index (χ2n) is 4.93. The number of hydrogen-bond donors (Lipinski definition) is 2. The minimum Gasteiger partial charge on any atom is -0.481 e. The molecule has 7 nitrogen and oxygen atoms in total. The second-order valence-corrected chi connectivity index (χ2v) is 5.71. The van der Waals surface area contributed by atoms with Crippen molar-refractivity contribution in [2.24, 2.45) is 0 Å². The molecule has 2 amide bonds. The van der Waals surface area contributed by atoms with Crippen molar-refractivity contribution in [3.05, 3.63) is 22.4 Å². The van der Waals surface area contributed by atoms with Crippen LogP contribution in [-0.2, 0) is 14.3 Å². The molecule has 2 heterocycles. The lowest BCUT2D eigenvalue weighted by Crippen LogP contribution is -2.50. The molecule has 1 fully saturated rings. The fourth-order valence-corrected chi connectivity index (χ4v) is 2.91. The van der Waals surface area contributed by atoms with Crippen molar-refractivity contribution in [2.45, 2.75) is 18.9 Å². The van der Waals surface area contributed by atoms with Crippen molar-refractivity contribution in [3.8, 4) is 0 Å². The average molecular weight is 326 g/mol. The number of carboxylic acid groups (broad SMARTS) is 1. The SMILES string of the molecule is O=C(O)CC1COCCN1C(=O)CCNC(=O)c1ccsc1. The van der Waals surface area contributed by atoms with Crippen molar-refractivity contribution < 1.29 is 24.2 Å². The Kier molecular flexibility index (Phi) is 5.91. The fraction of sp³-hybridized carbons (Fsp3) is 0.500. The van der Waals surface area contributed by atoms with Crippen LogP contribution in [0.3, 0.4) is 0 Å². The molecule has 1 aromatic rings. The lowest BCUT2D eigenvalue weighted by molar-refractivity contribution is -0.146. The third-order valence-electron chi connectivity index (χ3n) is 3.37. The zero-order valence-electron chi connectivity index (χ0n) is 12.0. The van der Waals surface area contributed by atoms with E-state index in [4.69, 9.17) is 9.84 Å². The summed E-state index contributed by atoms with van der Waals surface area (Å²) in [6, 6.07) is 1.28. The Morgan fingerprint density at radius 2 is 2.27 bits per heavy atom. The van der Waals surface area contributed by atoms with E-state index in [0.717, 1.165) is 0 Å². The highest BCUT2D eigenvalue weighted by Gasteiger charge is 2.28. The molecule has 2 N–H and O–H groups in total. The second kappa shape index (κ2) is 7.90. The first kappa shape index (κ1) is 16.4. The van der Waals surface area contributed by atoms with Gasteiger partial charge in [0.05, 0.1) is 25.7 Å². The van der Waals surface area contributed by atoms with Crippen LogP contribution < -0.4 is 5.32 Å². The number of rotatable bonds is 6. The quantitative estimate of drug-likeness (QED) is 0.797. The third-order valence-corrected chi connectivity index (χ3v) is 4.05. The average Bonchev–Trinajstić information content (AvgIpc) is 3.01. The predicted molar refractivity (Wildman–Crippen MR) is 79.8 cm³/mol. The molecule has 22 heavy (non-hydrogen) atoms. The normalized spacial score (nSPS) is 18.0. The van der Waals surface area contributed by atoms with Gasteiger partial charge >= 0.3 is 5.97 Å². The third kappa shape index (κ3) is 4.54. The number of carbonyl (C=O) groups is 3. The Morgan fingerprint density at radius 3 is 2.95 bits per heavy atom. The number of thiophene rings is 1. The molecular weight excluding hydrogens is 308 g/mol. The largest absolute Gasteiger partial charge is 0.481 e. The maximum Gasteiger partial charge on any atom is 0.305 e. The summed E-state index contributed by atoms with van der Waals surface area (Å²) >= 11 is 1.43. The fourth-order valence-electron chi connectivity index (χ4n) is 2.28. The standard InChI is InChI=1S/C14H18N2O5S/c17-12(1-3-15-14(20)10-2-6-22-9-10)16-4-5-21-8-11(16)7-13(18)19/h2,6,9,11H,1,3-5,7-8H2,(H,15,20)(H,18,19). The molecule has 0 bridgehead atoms. The van der Waals surface area contributed by atoms with Crippen LogP contribution in [0.4, 0.5) is 0 Å². The van der Waals surface area contributed by atoms with E-state index in [1.54, 1.807) is 11.4 Å². The highest BCUT2D eigenvalue weighted by molar-refractivity contribution is 7.08. The first-order valence-corrected chi connectivity index (χ1v) is 7.91. The number of hydrogen-bond acceptors (Lipinski definition) is 5. The van der Waals surface area contributed by atoms with Crippen LogP contribution >= 0.6 is 11.3 Å². The molecule has 0 saturated carbocycles. The molecule has 0 spiro atoms. The van der Waals surface area contributed by atoms with E-state index < -0.39 is 12.0 Å². The van der Waals surface area contributed by atoms with Crippen LogP contribution in [0.25, 0.3) is 0 Å². The summed E-state index contributed by atoms with van der Waals surface area (Å²) in [6.45, 7) is 1.25. The molecule has 1 aliphatic heterocycles. The van der Waals surface area contributed by atoms with Crippen molar-refractivity contribution in [1.29, 1.82) is 0 Å². The van der Waals surface area contributed by atoms with Gasteiger partial charge in [0, 0.05) is 30.5 Å². The summed E-state index contributed by atoms with van der Waals surface area (Å²) in [7, 11) is 0. The van der Waals surface area contributed by atoms with Gasteiger partial charge in [0.1, 0.15) is 0 Å². The zero-order chi connectivity index (χ0) is 15.9. The topological polar surface area (TPSA) is 95.9 Å². The summed E-state index contributed by atoms with van der Waals surface area (Å²) in [4.78, 5) is 36.3. The Balaban J connectivity index is 1.80. The number of carbonyl (C=O) groups excluding carboxylic acids is 2. The van der Waals surface area contributed by atoms with Gasteiger partial charge in [-0.05, 0) is 11.4 Å². The van der Waals surface area contributed by atoms with Crippen molar-refractivity contribution in [2.75, 3.05) is 26.3 Å². The number of carboxylic acids is 1. The predicted octanol–water partition coefficient (Wildman–Crippen LogP) is 0.570. The zero-order valence-corrected chi connectivity index (χ0v) is 12.8. The van der Waals surface area contributed by atoms with Crippen LogP contribution in [-0.4, -0.2) is 60.1 Å². The molecule has 2 rings (SSSR count). The van der Waals surface area contributed by atoms with Crippen molar-refractivity contribution in [1.82, 2.24) is 10.2 Å². The number of ether oxygens (including phenoxy) is 1. The maximum absolute atomic E-state index is 12.2. The molecule has 1 unspecified atom stereocenters. The van der Waals surface area contributed by atoms with Gasteiger partial charge in [-0.1, -0.05) is 0 Å². The minimum atomic E-state index is -0.959. The lowest BCUT2D eigenvalue weighted by atomic mass is 10.1. The van der Waals surface area contributed by atoms with Crippen LogP contribution in [0.1, 0.15) is 23.2 Å². The van der Waals surface area contributed by atoms with Crippen molar-refractivity contribution >= 4 is 29.1 Å². The highest BCUT2D eigenvalue weighted by atomic mass is 32.1. The number of aliphatic carboxylic acids is 1. The molecule has 1 aliphatic rings. The molecule has 120 valence electrons. The molecular formula is C14H18N2O5S. The molecule has 8 heteroatoms. The van der Waals surface area contributed by atoms with E-state index in [1.165, 1.54) is 16.2 Å². The summed E-state index contributed by atoms with van der Waals surface area (Å²) in [5.41, 5.74) is 0.576. The monoisotopic (exact) mass is 326 g/mol. The molecule has 1 saturated heterocycles. The van der Waals surface area contributed by atoms with E-state index in [9.17, 15) is 14.4 Å². The Bertz CT molecular complexity index is 531. The van der Waals surface area contributed by atoms with E-state index >= 15 is 0 Å². The molecule has 1 aromatic heterocycles. The Hall–Kier alpha value is -1.93. The van der Waals surface area contributed by atoms with Crippen LogP contribution in [0.2, 0.25) is 0 Å². The lowest BCUT2D eigenvalue weighted by Gasteiger charge is -2.34. The van der Waals surface area contributed by atoms with Crippen molar-refractivity contribution in [3.63, 3.8) is 0 Å². The van der Waals surface area contributed by atoms with Gasteiger partial charge < -0.3 is 20.1 Å². The smallest absolute Gasteiger partial charge is 0.305 e. The van der Waals surface area contributed by atoms with E-state index in [2.05, 4.69) is 5.32 Å². The number of amides is 2. The van der Waals surface area contributed by atoms with Gasteiger partial charge in [-0.2, -0.15) is 11.3 Å². The summed E-state index contributed by atoms with van der Waals surface area (Å²) in [5.74, 6) is -1.34. The van der Waals surface area contributed by atoms with Gasteiger partial charge in [-0.15, -0.1) is 0 Å². The minimum absolute atomic E-state index is 0.132. The van der Waals surface area contributed by atoms with Crippen LogP contribution in [0, 0.1) is 0 Å². The van der Waals surface area contributed by atoms with Gasteiger partial charge in [-0.3, -0.25) is 14.4 Å². The first-order valence-electron chi connectivity index (χ1n) is 6.97. The van der Waals surface area contributed by atoms with Gasteiger partial charge in [0.2, 0.25) is 5.91 Å². The maximum atomic E-state index is 12.2. The number of morpholine rings is 1. The Labute approximate surface area is 131 Å². The van der Waals surface area contributed by atoms with Gasteiger partial charge in [0.15, 0.2) is 0 Å². The molecule has 0 aliphatic carbocycles. The van der Waals surface area contributed by atoms with E-state index in [0.29, 0.717) is 18.7 Å². The number of nitrogens with zero attached hydrogens (tertiary/aromatic N) is 1. The molecule has 1 atom stereocenters. The number of nitrogens with one attached hydrogen (secondary N) is 1. The molecule has 0 aromatic carbocycles. The Morgan fingerprint density at radius 1 is 1.45 bits per heavy atom. The van der Waals surface area contributed by atoms with Crippen LogP contribution in [0.5, 0.6) is 0 Å². The molecule has 0 radical (unpaired) electrons. The first-order chi connectivity index (χ1) is 10.6. The summed E-state index contributed by atoms with van der Waals surface area (Å²) in [5, 5.41) is 15.1. The highest BCUT2D eigenvalue weighted by Crippen LogP contribution is 2.12. The summed E-state index contributed by atoms with van der Waals surface area (Å²) in [6.07, 6.45) is 0.0129. The summed E-state index contributed by atoms with van der Waals surface area (Å²) < 4.78 is 5.23. The van der Waals surface area contributed by atoms with E-state index in [-0.39, 0.29) is 37.8 Å². The van der Waals surface area contributed by atoms with Crippen LogP contribution in [0.15, 0.2) is 16.8 Å².